The van der Waals surface area contributed by atoms with E-state index in [1.54, 1.807) is 0 Å². The van der Waals surface area contributed by atoms with Crippen molar-refractivity contribution in [2.75, 3.05) is 13.1 Å². The number of carbonyl (C=O) groups is 1. The van der Waals surface area contributed by atoms with Crippen LogP contribution in [0.5, 0.6) is 0 Å². The second-order valence-corrected chi connectivity index (χ2v) is 6.94. The zero-order valence-electron chi connectivity index (χ0n) is 13.6. The van der Waals surface area contributed by atoms with Gasteiger partial charge < -0.3 is 9.64 Å². The van der Waals surface area contributed by atoms with E-state index in [0.29, 0.717) is 5.92 Å². The molecule has 1 aliphatic heterocycles. The van der Waals surface area contributed by atoms with Crippen LogP contribution in [0.15, 0.2) is 18.3 Å². The molecule has 0 spiro atoms. The minimum absolute atomic E-state index is 0.182. The van der Waals surface area contributed by atoms with E-state index >= 15 is 0 Å². The smallest absolute Gasteiger partial charge is 0.410 e. The van der Waals surface area contributed by atoms with Crippen LogP contribution in [-0.2, 0) is 11.2 Å². The summed E-state index contributed by atoms with van der Waals surface area (Å²) in [6.45, 7) is 9.33. The van der Waals surface area contributed by atoms with Gasteiger partial charge in [-0.2, -0.15) is 0 Å². The monoisotopic (exact) mass is 290 g/mol. The molecule has 0 radical (unpaired) electrons. The number of aryl methyl sites for hydroxylation is 1. The summed E-state index contributed by atoms with van der Waals surface area (Å²) in [5.41, 5.74) is 1.93. The van der Waals surface area contributed by atoms with Gasteiger partial charge in [-0.1, -0.05) is 0 Å². The molecule has 1 fully saturated rings. The van der Waals surface area contributed by atoms with Gasteiger partial charge in [0, 0.05) is 25.0 Å². The SMILES string of the molecule is Cc1cc(CC2CCCN(C(=O)OC(C)(C)C)C2)ccn1. The molecule has 21 heavy (non-hydrogen) atoms. The van der Waals surface area contributed by atoms with Crippen molar-refractivity contribution in [1.82, 2.24) is 9.88 Å². The van der Waals surface area contributed by atoms with E-state index in [2.05, 4.69) is 17.1 Å². The maximum absolute atomic E-state index is 12.2. The third-order valence-electron chi connectivity index (χ3n) is 3.66. The summed E-state index contributed by atoms with van der Waals surface area (Å²) in [7, 11) is 0. The summed E-state index contributed by atoms with van der Waals surface area (Å²) in [6.07, 6.45) is 4.90. The van der Waals surface area contributed by atoms with Crippen LogP contribution < -0.4 is 0 Å². The molecular formula is C17H26N2O2. The number of ether oxygens (including phenoxy) is 1. The molecule has 0 N–H and O–H groups in total. The third-order valence-corrected chi connectivity index (χ3v) is 3.66. The van der Waals surface area contributed by atoms with E-state index in [1.807, 2.05) is 38.8 Å². The van der Waals surface area contributed by atoms with Gasteiger partial charge in [-0.15, -0.1) is 0 Å². The number of piperidine rings is 1. The largest absolute Gasteiger partial charge is 0.444 e. The van der Waals surface area contributed by atoms with E-state index < -0.39 is 5.60 Å². The molecule has 1 aromatic heterocycles. The summed E-state index contributed by atoms with van der Waals surface area (Å²) in [4.78, 5) is 18.2. The van der Waals surface area contributed by atoms with Gasteiger partial charge in [0.15, 0.2) is 0 Å². The number of carbonyl (C=O) groups excluding carboxylic acids is 1. The molecule has 1 unspecified atom stereocenters. The van der Waals surface area contributed by atoms with Crippen LogP contribution in [0.4, 0.5) is 4.79 Å². The topological polar surface area (TPSA) is 42.4 Å². The lowest BCUT2D eigenvalue weighted by molar-refractivity contribution is 0.0166. The van der Waals surface area contributed by atoms with E-state index in [-0.39, 0.29) is 6.09 Å². The Morgan fingerprint density at radius 2 is 2.24 bits per heavy atom. The van der Waals surface area contributed by atoms with Gasteiger partial charge in [-0.25, -0.2) is 4.79 Å². The van der Waals surface area contributed by atoms with Crippen LogP contribution in [0, 0.1) is 12.8 Å². The van der Waals surface area contributed by atoms with Crippen molar-refractivity contribution in [3.05, 3.63) is 29.6 Å². The fourth-order valence-corrected chi connectivity index (χ4v) is 2.79. The van der Waals surface area contributed by atoms with E-state index in [9.17, 15) is 4.79 Å². The molecule has 1 amide bonds. The van der Waals surface area contributed by atoms with Crippen LogP contribution in [0.25, 0.3) is 0 Å². The van der Waals surface area contributed by atoms with Crippen molar-refractivity contribution in [3.8, 4) is 0 Å². The highest BCUT2D eigenvalue weighted by molar-refractivity contribution is 5.68. The van der Waals surface area contributed by atoms with Crippen molar-refractivity contribution in [2.24, 2.45) is 5.92 Å². The molecule has 0 aromatic carbocycles. The Morgan fingerprint density at radius 3 is 2.90 bits per heavy atom. The van der Waals surface area contributed by atoms with Gasteiger partial charge in [0.05, 0.1) is 0 Å². The molecule has 1 saturated heterocycles. The Hall–Kier alpha value is -1.58. The lowest BCUT2D eigenvalue weighted by Gasteiger charge is -2.34. The highest BCUT2D eigenvalue weighted by atomic mass is 16.6. The first-order valence-electron chi connectivity index (χ1n) is 7.73. The lowest BCUT2D eigenvalue weighted by atomic mass is 9.91. The molecule has 0 aliphatic carbocycles. The highest BCUT2D eigenvalue weighted by Crippen LogP contribution is 2.22. The van der Waals surface area contributed by atoms with Crippen LogP contribution in [0.1, 0.15) is 44.9 Å². The molecule has 0 saturated carbocycles. The number of likely N-dealkylation sites (tertiary alicyclic amines) is 1. The molecule has 2 heterocycles. The molecular weight excluding hydrogens is 264 g/mol. The molecule has 1 atom stereocenters. The number of pyridine rings is 1. The van der Waals surface area contributed by atoms with Crippen LogP contribution in [0.3, 0.4) is 0 Å². The fourth-order valence-electron chi connectivity index (χ4n) is 2.79. The first-order valence-corrected chi connectivity index (χ1v) is 7.73. The summed E-state index contributed by atoms with van der Waals surface area (Å²) >= 11 is 0. The first kappa shape index (κ1) is 15.8. The normalized spacial score (nSPS) is 19.4. The Labute approximate surface area is 127 Å². The predicted octanol–water partition coefficient (Wildman–Crippen LogP) is 3.58. The maximum Gasteiger partial charge on any atom is 0.410 e. The zero-order chi connectivity index (χ0) is 15.5. The van der Waals surface area contributed by atoms with Gasteiger partial charge in [-0.3, -0.25) is 4.98 Å². The van der Waals surface area contributed by atoms with Crippen LogP contribution in [-0.4, -0.2) is 34.7 Å². The van der Waals surface area contributed by atoms with Crippen molar-refractivity contribution in [2.45, 2.75) is 52.6 Å². The zero-order valence-corrected chi connectivity index (χ0v) is 13.6. The minimum Gasteiger partial charge on any atom is -0.444 e. The second kappa shape index (κ2) is 6.46. The molecule has 1 aromatic rings. The van der Waals surface area contributed by atoms with Crippen molar-refractivity contribution in [3.63, 3.8) is 0 Å². The van der Waals surface area contributed by atoms with E-state index in [4.69, 9.17) is 4.74 Å². The van der Waals surface area contributed by atoms with Crippen molar-refractivity contribution in [1.29, 1.82) is 0 Å². The minimum atomic E-state index is -0.424. The summed E-state index contributed by atoms with van der Waals surface area (Å²) in [6, 6.07) is 4.20. The predicted molar refractivity (Wildman–Crippen MR) is 83.2 cm³/mol. The highest BCUT2D eigenvalue weighted by Gasteiger charge is 2.27. The molecule has 0 bridgehead atoms. The van der Waals surface area contributed by atoms with E-state index in [0.717, 1.165) is 31.6 Å². The average Bonchev–Trinajstić information content (AvgIpc) is 2.37. The number of nitrogens with zero attached hydrogens (tertiary/aromatic N) is 2. The Bertz CT molecular complexity index is 494. The maximum atomic E-state index is 12.2. The van der Waals surface area contributed by atoms with Crippen LogP contribution in [0.2, 0.25) is 0 Å². The molecule has 4 nitrogen and oxygen atoms in total. The van der Waals surface area contributed by atoms with Crippen molar-refractivity contribution >= 4 is 6.09 Å². The first-order chi connectivity index (χ1) is 9.83. The average molecular weight is 290 g/mol. The third kappa shape index (κ3) is 5.03. The number of rotatable bonds is 2. The van der Waals surface area contributed by atoms with Gasteiger partial charge in [0.25, 0.3) is 0 Å². The summed E-state index contributed by atoms with van der Waals surface area (Å²) < 4.78 is 5.47. The van der Waals surface area contributed by atoms with Crippen LogP contribution >= 0.6 is 0 Å². The molecule has 1 aliphatic rings. The lowest BCUT2D eigenvalue weighted by Crippen LogP contribution is -2.43. The standard InChI is InChI=1S/C17H26N2O2/c1-13-10-14(7-8-18-13)11-15-6-5-9-19(12-15)16(20)21-17(2,3)4/h7-8,10,15H,5-6,9,11-12H2,1-4H3. The number of hydrogen-bond acceptors (Lipinski definition) is 3. The summed E-state index contributed by atoms with van der Waals surface area (Å²) in [5.74, 6) is 0.507. The molecule has 2 rings (SSSR count). The number of amides is 1. The Kier molecular flexibility index (Phi) is 4.86. The van der Waals surface area contributed by atoms with Gasteiger partial charge >= 0.3 is 6.09 Å². The second-order valence-electron chi connectivity index (χ2n) is 6.94. The van der Waals surface area contributed by atoms with Gasteiger partial charge in [0.1, 0.15) is 5.60 Å². The molecule has 4 heteroatoms. The number of aromatic nitrogens is 1. The number of hydrogen-bond donors (Lipinski definition) is 0. The summed E-state index contributed by atoms with van der Waals surface area (Å²) in [5, 5.41) is 0. The Morgan fingerprint density at radius 1 is 1.48 bits per heavy atom. The Balaban J connectivity index is 1.93. The fraction of sp³-hybridized carbons (Fsp3) is 0.647. The quantitative estimate of drug-likeness (QED) is 0.836. The van der Waals surface area contributed by atoms with Crippen molar-refractivity contribution < 1.29 is 9.53 Å². The van der Waals surface area contributed by atoms with E-state index in [1.165, 1.54) is 12.0 Å². The molecule has 116 valence electrons. The van der Waals surface area contributed by atoms with Gasteiger partial charge in [-0.05, 0) is 70.6 Å². The van der Waals surface area contributed by atoms with Gasteiger partial charge in [0.2, 0.25) is 0 Å².